The van der Waals surface area contributed by atoms with Crippen molar-refractivity contribution < 1.29 is 14.3 Å². The Hall–Kier alpha value is -2.97. The first-order chi connectivity index (χ1) is 15.4. The van der Waals surface area contributed by atoms with E-state index in [0.29, 0.717) is 42.0 Å². The van der Waals surface area contributed by atoms with Crippen LogP contribution in [0.5, 0.6) is 0 Å². The molecule has 1 aromatic heterocycles. The lowest BCUT2D eigenvalue weighted by Gasteiger charge is -2.38. The Morgan fingerprint density at radius 3 is 2.56 bits per heavy atom. The summed E-state index contributed by atoms with van der Waals surface area (Å²) >= 11 is 6.05. The number of ether oxygens (including phenoxy) is 1. The van der Waals surface area contributed by atoms with E-state index in [2.05, 4.69) is 14.9 Å². The first kappa shape index (κ1) is 20.9. The van der Waals surface area contributed by atoms with Crippen LogP contribution in [0.4, 0.5) is 16.2 Å². The number of amides is 3. The average Bonchev–Trinajstić information content (AvgIpc) is 3.15. The van der Waals surface area contributed by atoms with E-state index in [1.165, 1.54) is 4.90 Å². The van der Waals surface area contributed by atoms with Crippen molar-refractivity contribution in [2.75, 3.05) is 36.1 Å². The third kappa shape index (κ3) is 3.53. The maximum Gasteiger partial charge on any atom is 0.331 e. The molecule has 0 bridgehead atoms. The number of anilines is 2. The van der Waals surface area contributed by atoms with Crippen LogP contribution in [0.2, 0.25) is 5.02 Å². The molecule has 0 saturated carbocycles. The van der Waals surface area contributed by atoms with Crippen molar-refractivity contribution in [1.82, 2.24) is 9.88 Å². The summed E-state index contributed by atoms with van der Waals surface area (Å²) in [5.41, 5.74) is 3.05. The van der Waals surface area contributed by atoms with Gasteiger partial charge in [-0.05, 0) is 29.7 Å². The summed E-state index contributed by atoms with van der Waals surface area (Å²) in [7, 11) is 0. The minimum Gasteiger partial charge on any atom is -0.378 e. The quantitative estimate of drug-likeness (QED) is 0.709. The molecule has 9 heteroatoms. The molecule has 0 N–H and O–H groups in total. The van der Waals surface area contributed by atoms with Gasteiger partial charge in [0.1, 0.15) is 11.7 Å². The number of rotatable bonds is 4. The summed E-state index contributed by atoms with van der Waals surface area (Å²) in [5.74, 6) is -0.0319. The Morgan fingerprint density at radius 2 is 1.88 bits per heavy atom. The number of benzene rings is 1. The molecule has 8 nitrogen and oxygen atoms in total. The van der Waals surface area contributed by atoms with Gasteiger partial charge in [0.15, 0.2) is 5.84 Å². The van der Waals surface area contributed by atoms with Gasteiger partial charge in [0.2, 0.25) is 0 Å². The smallest absolute Gasteiger partial charge is 0.331 e. The van der Waals surface area contributed by atoms with E-state index in [4.69, 9.17) is 16.3 Å². The number of urea groups is 1. The number of pyridine rings is 1. The number of hydrogen-bond donors (Lipinski definition) is 0. The van der Waals surface area contributed by atoms with Crippen LogP contribution < -0.4 is 9.80 Å². The van der Waals surface area contributed by atoms with Gasteiger partial charge in [-0.25, -0.2) is 9.78 Å². The van der Waals surface area contributed by atoms with E-state index in [1.807, 2.05) is 32.0 Å². The van der Waals surface area contributed by atoms with Crippen molar-refractivity contribution in [2.24, 2.45) is 10.9 Å². The molecule has 1 atom stereocenters. The van der Waals surface area contributed by atoms with E-state index in [0.717, 1.165) is 24.3 Å². The number of carbonyl (C=O) groups excluding carboxylic acids is 2. The zero-order chi connectivity index (χ0) is 22.4. The number of aromatic nitrogens is 1. The fraction of sp³-hybridized carbons (Fsp3) is 0.391. The summed E-state index contributed by atoms with van der Waals surface area (Å²) in [6.45, 7) is 6.98. The van der Waals surface area contributed by atoms with Gasteiger partial charge < -0.3 is 9.64 Å². The highest BCUT2D eigenvalue weighted by Crippen LogP contribution is 2.37. The molecule has 32 heavy (non-hydrogen) atoms. The normalized spacial score (nSPS) is 20.6. The number of aliphatic imine (C=N–C) groups is 1. The molecule has 2 aromatic rings. The van der Waals surface area contributed by atoms with Crippen LogP contribution in [0.25, 0.3) is 0 Å². The summed E-state index contributed by atoms with van der Waals surface area (Å²) in [5, 5.41) is 0.634. The van der Waals surface area contributed by atoms with Crippen LogP contribution in [0.1, 0.15) is 25.1 Å². The molecule has 1 fully saturated rings. The highest BCUT2D eigenvalue weighted by atomic mass is 35.5. The van der Waals surface area contributed by atoms with Crippen LogP contribution in [0.15, 0.2) is 41.5 Å². The van der Waals surface area contributed by atoms with Crippen molar-refractivity contribution in [3.05, 3.63) is 52.8 Å². The van der Waals surface area contributed by atoms with Crippen LogP contribution >= 0.6 is 11.6 Å². The van der Waals surface area contributed by atoms with Gasteiger partial charge in [0.05, 0.1) is 37.3 Å². The topological polar surface area (TPSA) is 78.3 Å². The standard InChI is InChI=1S/C23H24ClN5O3/c1-14(2)20-22(30)26-21-19-18(11-17(12-25-19)27-7-9-32-10-8-27)28(23(31)29(20)21)13-15-3-5-16(24)6-4-15/h3-6,11-12,14,20H,7-10,13H2,1-2H3. The van der Waals surface area contributed by atoms with E-state index < -0.39 is 6.04 Å². The van der Waals surface area contributed by atoms with Gasteiger partial charge in [-0.2, -0.15) is 4.99 Å². The van der Waals surface area contributed by atoms with E-state index in [1.54, 1.807) is 23.2 Å². The molecule has 1 saturated heterocycles. The van der Waals surface area contributed by atoms with E-state index in [9.17, 15) is 9.59 Å². The summed E-state index contributed by atoms with van der Waals surface area (Å²) < 4.78 is 5.46. The first-order valence-corrected chi connectivity index (χ1v) is 11.1. The van der Waals surface area contributed by atoms with E-state index in [-0.39, 0.29) is 17.9 Å². The Kier molecular flexibility index (Phi) is 5.35. The zero-order valence-electron chi connectivity index (χ0n) is 18.0. The second-order valence-electron chi connectivity index (χ2n) is 8.49. The lowest BCUT2D eigenvalue weighted by atomic mass is 10.0. The van der Waals surface area contributed by atoms with Crippen molar-refractivity contribution in [3.63, 3.8) is 0 Å². The number of fused-ring (bicyclic) bond motifs is 3. The SMILES string of the molecule is CC(C)C1C(=O)N=C2c3ncc(N4CCOCC4)cc3N(Cc3ccc(Cl)cc3)C(=O)N21. The molecule has 1 unspecified atom stereocenters. The third-order valence-electron chi connectivity index (χ3n) is 6.03. The molecule has 3 aliphatic heterocycles. The number of morpholine rings is 1. The van der Waals surface area contributed by atoms with Crippen LogP contribution in [0, 0.1) is 5.92 Å². The fourth-order valence-electron chi connectivity index (χ4n) is 4.40. The Labute approximate surface area is 191 Å². The third-order valence-corrected chi connectivity index (χ3v) is 6.28. The number of carbonyl (C=O) groups is 2. The van der Waals surface area contributed by atoms with Crippen LogP contribution in [-0.4, -0.2) is 60.0 Å². The fourth-order valence-corrected chi connectivity index (χ4v) is 4.53. The summed E-state index contributed by atoms with van der Waals surface area (Å²) in [6, 6.07) is 8.47. The van der Waals surface area contributed by atoms with Gasteiger partial charge in [-0.15, -0.1) is 0 Å². The largest absolute Gasteiger partial charge is 0.378 e. The predicted octanol–water partition coefficient (Wildman–Crippen LogP) is 3.33. The average molecular weight is 454 g/mol. The molecular formula is C23H24ClN5O3. The summed E-state index contributed by atoms with van der Waals surface area (Å²) in [6.07, 6.45) is 1.79. The predicted molar refractivity (Wildman–Crippen MR) is 122 cm³/mol. The lowest BCUT2D eigenvalue weighted by molar-refractivity contribution is -0.120. The van der Waals surface area contributed by atoms with Gasteiger partial charge in [0.25, 0.3) is 5.91 Å². The van der Waals surface area contributed by atoms with Crippen LogP contribution in [0.3, 0.4) is 0 Å². The summed E-state index contributed by atoms with van der Waals surface area (Å²) in [4.78, 5) is 40.7. The lowest BCUT2D eigenvalue weighted by Crippen LogP contribution is -2.55. The monoisotopic (exact) mass is 453 g/mol. The van der Waals surface area contributed by atoms with Crippen molar-refractivity contribution in [2.45, 2.75) is 26.4 Å². The molecule has 3 aliphatic rings. The van der Waals surface area contributed by atoms with E-state index >= 15 is 0 Å². The Balaban J connectivity index is 1.60. The van der Waals surface area contributed by atoms with Crippen molar-refractivity contribution in [1.29, 1.82) is 0 Å². The van der Waals surface area contributed by atoms with Gasteiger partial charge in [0, 0.05) is 18.1 Å². The molecule has 0 radical (unpaired) electrons. The molecule has 4 heterocycles. The molecular weight excluding hydrogens is 430 g/mol. The Morgan fingerprint density at radius 1 is 1.16 bits per heavy atom. The van der Waals surface area contributed by atoms with Crippen molar-refractivity contribution in [3.8, 4) is 0 Å². The molecule has 166 valence electrons. The molecule has 0 spiro atoms. The zero-order valence-corrected chi connectivity index (χ0v) is 18.7. The van der Waals surface area contributed by atoms with Crippen molar-refractivity contribution >= 4 is 40.7 Å². The number of nitrogens with zero attached hydrogens (tertiary/aromatic N) is 5. The minimum absolute atomic E-state index is 0.0701. The van der Waals surface area contributed by atoms with Gasteiger partial charge >= 0.3 is 6.03 Å². The Bertz CT molecular complexity index is 1100. The van der Waals surface area contributed by atoms with Gasteiger partial charge in [-0.3, -0.25) is 14.6 Å². The highest BCUT2D eigenvalue weighted by Gasteiger charge is 2.48. The molecule has 5 rings (SSSR count). The number of hydrogen-bond acceptors (Lipinski definition) is 5. The maximum atomic E-state index is 13.7. The molecule has 3 amide bonds. The number of amidine groups is 1. The second-order valence-corrected chi connectivity index (χ2v) is 8.92. The van der Waals surface area contributed by atoms with Crippen LogP contribution in [-0.2, 0) is 16.1 Å². The van der Waals surface area contributed by atoms with Gasteiger partial charge in [-0.1, -0.05) is 37.6 Å². The second kappa shape index (κ2) is 8.18. The molecule has 0 aliphatic carbocycles. The maximum absolute atomic E-state index is 13.7. The number of halogens is 1. The first-order valence-electron chi connectivity index (χ1n) is 10.7. The molecule has 1 aromatic carbocycles. The highest BCUT2D eigenvalue weighted by molar-refractivity contribution is 6.30. The minimum atomic E-state index is -0.626.